The minimum absolute atomic E-state index is 0.0826. The maximum Gasteiger partial charge on any atom is 0.231 e. The number of sulfonamides is 1. The molecule has 0 aromatic heterocycles. The molecular weight excluding hydrogens is 328 g/mol. The van der Waals surface area contributed by atoms with Crippen LogP contribution in [-0.2, 0) is 10.0 Å². The summed E-state index contributed by atoms with van der Waals surface area (Å²) in [6, 6.07) is 5.96. The third kappa shape index (κ3) is 4.13. The molecule has 1 heterocycles. The van der Waals surface area contributed by atoms with Gasteiger partial charge in [-0.2, -0.15) is 0 Å². The van der Waals surface area contributed by atoms with Gasteiger partial charge in [-0.25, -0.2) is 13.1 Å². The van der Waals surface area contributed by atoms with Gasteiger partial charge in [-0.05, 0) is 57.6 Å². The molecule has 1 saturated carbocycles. The van der Waals surface area contributed by atoms with Crippen LogP contribution in [0.4, 0.5) is 5.69 Å². The summed E-state index contributed by atoms with van der Waals surface area (Å²) in [5, 5.41) is 3.08. The first-order valence-corrected chi connectivity index (χ1v) is 10.1. The van der Waals surface area contributed by atoms with E-state index in [9.17, 15) is 8.42 Å². The van der Waals surface area contributed by atoms with E-state index in [-0.39, 0.29) is 18.1 Å². The second-order valence-corrected chi connectivity index (χ2v) is 9.15. The number of anilines is 1. The van der Waals surface area contributed by atoms with Gasteiger partial charge in [0.15, 0.2) is 11.5 Å². The molecule has 6 nitrogen and oxygen atoms in total. The Morgan fingerprint density at radius 2 is 1.83 bits per heavy atom. The molecule has 3 rings (SSSR count). The highest BCUT2D eigenvalue weighted by Crippen LogP contribution is 2.34. The van der Waals surface area contributed by atoms with Crippen LogP contribution >= 0.6 is 0 Å². The maximum absolute atomic E-state index is 11.9. The average molecular weight is 354 g/mol. The van der Waals surface area contributed by atoms with Gasteiger partial charge < -0.3 is 14.8 Å². The number of nitrogens with one attached hydrogen (secondary N) is 2. The number of benzene rings is 1. The summed E-state index contributed by atoms with van der Waals surface area (Å²) >= 11 is 0. The molecule has 1 aromatic rings. The molecule has 134 valence electrons. The molecule has 1 aliphatic carbocycles. The second-order valence-electron chi connectivity index (χ2n) is 6.88. The molecule has 24 heavy (non-hydrogen) atoms. The fourth-order valence-corrected chi connectivity index (χ4v) is 4.09. The number of ether oxygens (including phenoxy) is 2. The van der Waals surface area contributed by atoms with Crippen molar-refractivity contribution >= 4 is 15.7 Å². The number of rotatable bonds is 6. The summed E-state index contributed by atoms with van der Waals surface area (Å²) < 4.78 is 37.4. The van der Waals surface area contributed by atoms with Gasteiger partial charge in [0.05, 0.1) is 5.25 Å². The van der Waals surface area contributed by atoms with Gasteiger partial charge in [-0.3, -0.25) is 0 Å². The Labute approximate surface area is 144 Å². The van der Waals surface area contributed by atoms with Gasteiger partial charge in [0.1, 0.15) is 0 Å². The first-order valence-electron chi connectivity index (χ1n) is 8.58. The third-order valence-corrected chi connectivity index (χ3v) is 6.67. The van der Waals surface area contributed by atoms with E-state index in [0.29, 0.717) is 5.92 Å². The van der Waals surface area contributed by atoms with Crippen molar-refractivity contribution < 1.29 is 17.9 Å². The predicted octanol–water partition coefficient (Wildman–Crippen LogP) is 2.71. The molecule has 1 aromatic carbocycles. The average Bonchev–Trinajstić information content (AvgIpc) is 3.01. The van der Waals surface area contributed by atoms with E-state index in [1.807, 2.05) is 18.2 Å². The molecule has 1 aliphatic heterocycles. The monoisotopic (exact) mass is 354 g/mol. The summed E-state index contributed by atoms with van der Waals surface area (Å²) in [4.78, 5) is 0. The van der Waals surface area contributed by atoms with Gasteiger partial charge in [0.25, 0.3) is 0 Å². The Hall–Kier alpha value is -1.47. The van der Waals surface area contributed by atoms with Crippen molar-refractivity contribution in [1.29, 1.82) is 0 Å². The minimum atomic E-state index is -3.17. The molecule has 0 bridgehead atoms. The van der Waals surface area contributed by atoms with Gasteiger partial charge >= 0.3 is 0 Å². The first kappa shape index (κ1) is 17.4. The second kappa shape index (κ2) is 7.19. The molecule has 0 atom stereocenters. The molecular formula is C17H26N2O4S. The molecule has 0 saturated heterocycles. The fourth-order valence-electron chi connectivity index (χ4n) is 3.12. The Balaban J connectivity index is 1.44. The molecule has 1 fully saturated rings. The molecule has 2 N–H and O–H groups in total. The lowest BCUT2D eigenvalue weighted by Gasteiger charge is -2.29. The lowest BCUT2D eigenvalue weighted by molar-refractivity contribution is 0.174. The van der Waals surface area contributed by atoms with E-state index in [2.05, 4.69) is 10.0 Å². The van der Waals surface area contributed by atoms with Crippen molar-refractivity contribution in [3.63, 3.8) is 0 Å². The Kier molecular flexibility index (Phi) is 5.20. The molecule has 0 radical (unpaired) electrons. The SMILES string of the molecule is CC(C)S(=O)(=O)NC1CCC(CNc2ccc3c(c2)OCO3)CC1. The third-order valence-electron chi connectivity index (χ3n) is 4.77. The highest BCUT2D eigenvalue weighted by Gasteiger charge is 2.26. The highest BCUT2D eigenvalue weighted by atomic mass is 32.2. The summed E-state index contributed by atoms with van der Waals surface area (Å²) in [6.07, 6.45) is 3.87. The molecule has 2 aliphatic rings. The van der Waals surface area contributed by atoms with E-state index in [1.54, 1.807) is 13.8 Å². The standard InChI is InChI=1S/C17H26N2O4S/c1-12(2)24(20,21)19-14-5-3-13(4-6-14)10-18-15-7-8-16-17(9-15)23-11-22-16/h7-9,12-14,18-19H,3-6,10-11H2,1-2H3. The van der Waals surface area contributed by atoms with E-state index in [0.717, 1.165) is 49.4 Å². The molecule has 0 amide bonds. The van der Waals surface area contributed by atoms with Crippen LogP contribution in [0.3, 0.4) is 0 Å². The molecule has 0 unspecified atom stereocenters. The van der Waals surface area contributed by atoms with Crippen LogP contribution < -0.4 is 19.5 Å². The quantitative estimate of drug-likeness (QED) is 0.821. The highest BCUT2D eigenvalue weighted by molar-refractivity contribution is 7.90. The van der Waals surface area contributed by atoms with Crippen LogP contribution in [0.1, 0.15) is 39.5 Å². The molecule has 0 spiro atoms. The normalized spacial score (nSPS) is 23.5. The minimum Gasteiger partial charge on any atom is -0.454 e. The van der Waals surface area contributed by atoms with Crippen molar-refractivity contribution in [2.24, 2.45) is 5.92 Å². The van der Waals surface area contributed by atoms with Crippen molar-refractivity contribution in [3.8, 4) is 11.5 Å². The first-order chi connectivity index (χ1) is 11.4. The number of hydrogen-bond donors (Lipinski definition) is 2. The van der Waals surface area contributed by atoms with Crippen LogP contribution in [-0.4, -0.2) is 33.0 Å². The van der Waals surface area contributed by atoms with Gasteiger partial charge in [0, 0.05) is 24.3 Å². The smallest absolute Gasteiger partial charge is 0.231 e. The van der Waals surface area contributed by atoms with Crippen molar-refractivity contribution in [1.82, 2.24) is 4.72 Å². The lowest BCUT2D eigenvalue weighted by atomic mass is 9.86. The van der Waals surface area contributed by atoms with Crippen LogP contribution in [0.5, 0.6) is 11.5 Å². The predicted molar refractivity (Wildman–Crippen MR) is 94.0 cm³/mol. The maximum atomic E-state index is 11.9. The van der Waals surface area contributed by atoms with Gasteiger partial charge in [-0.15, -0.1) is 0 Å². The van der Waals surface area contributed by atoms with Crippen molar-refractivity contribution in [2.45, 2.75) is 50.8 Å². The van der Waals surface area contributed by atoms with Gasteiger partial charge in [-0.1, -0.05) is 0 Å². The zero-order valence-electron chi connectivity index (χ0n) is 14.2. The van der Waals surface area contributed by atoms with Crippen molar-refractivity contribution in [2.75, 3.05) is 18.7 Å². The summed E-state index contributed by atoms with van der Waals surface area (Å²) in [5.74, 6) is 2.14. The zero-order chi connectivity index (χ0) is 17.2. The Bertz CT molecular complexity index is 667. The zero-order valence-corrected chi connectivity index (χ0v) is 15.1. The summed E-state index contributed by atoms with van der Waals surface area (Å²) in [7, 11) is -3.17. The lowest BCUT2D eigenvalue weighted by Crippen LogP contribution is -2.41. The Morgan fingerprint density at radius 1 is 1.12 bits per heavy atom. The number of fused-ring (bicyclic) bond motifs is 1. The number of hydrogen-bond acceptors (Lipinski definition) is 5. The Morgan fingerprint density at radius 3 is 2.54 bits per heavy atom. The largest absolute Gasteiger partial charge is 0.454 e. The van der Waals surface area contributed by atoms with Crippen LogP contribution in [0.2, 0.25) is 0 Å². The topological polar surface area (TPSA) is 76.7 Å². The van der Waals surface area contributed by atoms with Crippen LogP contribution in [0, 0.1) is 5.92 Å². The summed E-state index contributed by atoms with van der Waals surface area (Å²) in [6.45, 7) is 4.60. The van der Waals surface area contributed by atoms with Crippen molar-refractivity contribution in [3.05, 3.63) is 18.2 Å². The van der Waals surface area contributed by atoms with E-state index in [4.69, 9.17) is 9.47 Å². The van der Waals surface area contributed by atoms with Crippen LogP contribution in [0.15, 0.2) is 18.2 Å². The van der Waals surface area contributed by atoms with E-state index >= 15 is 0 Å². The summed E-state index contributed by atoms with van der Waals surface area (Å²) in [5.41, 5.74) is 1.03. The van der Waals surface area contributed by atoms with Crippen LogP contribution in [0.25, 0.3) is 0 Å². The molecule has 7 heteroatoms. The van der Waals surface area contributed by atoms with E-state index < -0.39 is 10.0 Å². The fraction of sp³-hybridized carbons (Fsp3) is 0.647. The van der Waals surface area contributed by atoms with Gasteiger partial charge in [0.2, 0.25) is 16.8 Å². The van der Waals surface area contributed by atoms with E-state index in [1.165, 1.54) is 0 Å².